The lowest BCUT2D eigenvalue weighted by atomic mass is 9.88. The Hall–Kier alpha value is -1.09. The molecule has 2 aliphatic rings. The van der Waals surface area contributed by atoms with E-state index in [2.05, 4.69) is 0 Å². The SMILES string of the molecule is O=C(c1cc(Cl)ccc1F)N(CC1CCCCC1)C1CC1. The summed E-state index contributed by atoms with van der Waals surface area (Å²) < 4.78 is 13.9. The molecule has 1 aromatic rings. The Balaban J connectivity index is 1.76. The van der Waals surface area contributed by atoms with Crippen LogP contribution in [-0.4, -0.2) is 23.4 Å². The maximum Gasteiger partial charge on any atom is 0.257 e. The lowest BCUT2D eigenvalue weighted by Crippen LogP contribution is -2.38. The van der Waals surface area contributed by atoms with E-state index in [-0.39, 0.29) is 11.5 Å². The van der Waals surface area contributed by atoms with Gasteiger partial charge in [0, 0.05) is 17.6 Å². The van der Waals surface area contributed by atoms with Gasteiger partial charge in [-0.25, -0.2) is 4.39 Å². The second-order valence-electron chi connectivity index (χ2n) is 6.32. The molecule has 0 spiro atoms. The molecule has 2 nitrogen and oxygen atoms in total. The van der Waals surface area contributed by atoms with Crippen LogP contribution in [0.4, 0.5) is 4.39 Å². The second-order valence-corrected chi connectivity index (χ2v) is 6.75. The van der Waals surface area contributed by atoms with E-state index in [0.29, 0.717) is 17.0 Å². The summed E-state index contributed by atoms with van der Waals surface area (Å²) in [7, 11) is 0. The minimum Gasteiger partial charge on any atom is -0.335 e. The van der Waals surface area contributed by atoms with Crippen molar-refractivity contribution < 1.29 is 9.18 Å². The fraction of sp³-hybridized carbons (Fsp3) is 0.588. The van der Waals surface area contributed by atoms with E-state index in [9.17, 15) is 9.18 Å². The minimum atomic E-state index is -0.473. The highest BCUT2D eigenvalue weighted by molar-refractivity contribution is 6.31. The van der Waals surface area contributed by atoms with Gasteiger partial charge in [0.15, 0.2) is 0 Å². The van der Waals surface area contributed by atoms with Gasteiger partial charge in [-0.05, 0) is 49.8 Å². The monoisotopic (exact) mass is 309 g/mol. The molecule has 0 atom stereocenters. The van der Waals surface area contributed by atoms with Crippen molar-refractivity contribution in [1.82, 2.24) is 4.90 Å². The maximum atomic E-state index is 13.9. The van der Waals surface area contributed by atoms with Crippen molar-refractivity contribution in [1.29, 1.82) is 0 Å². The number of hydrogen-bond acceptors (Lipinski definition) is 1. The predicted octanol–water partition coefficient (Wildman–Crippen LogP) is 4.66. The lowest BCUT2D eigenvalue weighted by Gasteiger charge is -2.30. The predicted molar refractivity (Wildman–Crippen MR) is 82.0 cm³/mol. The number of amides is 1. The van der Waals surface area contributed by atoms with Gasteiger partial charge < -0.3 is 4.90 Å². The van der Waals surface area contributed by atoms with E-state index in [4.69, 9.17) is 11.6 Å². The highest BCUT2D eigenvalue weighted by Crippen LogP contribution is 2.33. The van der Waals surface area contributed by atoms with Crippen LogP contribution >= 0.6 is 11.6 Å². The fourth-order valence-corrected chi connectivity index (χ4v) is 3.42. The first kappa shape index (κ1) is 14.8. The van der Waals surface area contributed by atoms with E-state index < -0.39 is 5.82 Å². The Morgan fingerprint density at radius 1 is 1.19 bits per heavy atom. The molecule has 0 saturated heterocycles. The summed E-state index contributed by atoms with van der Waals surface area (Å²) in [6, 6.07) is 4.52. The zero-order valence-electron chi connectivity index (χ0n) is 12.2. The Bertz CT molecular complexity index is 524. The average Bonchev–Trinajstić information content (AvgIpc) is 3.32. The van der Waals surface area contributed by atoms with Crippen LogP contribution in [0.15, 0.2) is 18.2 Å². The number of carbonyl (C=O) groups is 1. The third-order valence-electron chi connectivity index (χ3n) is 4.59. The van der Waals surface area contributed by atoms with Crippen LogP contribution in [0.25, 0.3) is 0 Å². The van der Waals surface area contributed by atoms with Crippen LogP contribution in [0, 0.1) is 11.7 Å². The molecule has 0 radical (unpaired) electrons. The smallest absolute Gasteiger partial charge is 0.257 e. The van der Waals surface area contributed by atoms with Crippen LogP contribution in [0.3, 0.4) is 0 Å². The first-order chi connectivity index (χ1) is 10.1. The van der Waals surface area contributed by atoms with E-state index in [1.54, 1.807) is 0 Å². The summed E-state index contributed by atoms with van der Waals surface area (Å²) in [4.78, 5) is 14.6. The van der Waals surface area contributed by atoms with Crippen LogP contribution in [0.1, 0.15) is 55.3 Å². The van der Waals surface area contributed by atoms with Crippen molar-refractivity contribution in [2.75, 3.05) is 6.54 Å². The molecule has 4 heteroatoms. The Morgan fingerprint density at radius 2 is 1.90 bits per heavy atom. The van der Waals surface area contributed by atoms with E-state index >= 15 is 0 Å². The Kier molecular flexibility index (Phi) is 4.48. The fourth-order valence-electron chi connectivity index (χ4n) is 3.25. The zero-order chi connectivity index (χ0) is 14.8. The van der Waals surface area contributed by atoms with E-state index in [1.807, 2.05) is 4.90 Å². The van der Waals surface area contributed by atoms with E-state index in [1.165, 1.54) is 50.3 Å². The molecule has 2 aliphatic carbocycles. The van der Waals surface area contributed by atoms with Crippen LogP contribution in [-0.2, 0) is 0 Å². The van der Waals surface area contributed by atoms with Crippen molar-refractivity contribution in [3.05, 3.63) is 34.6 Å². The van der Waals surface area contributed by atoms with E-state index in [0.717, 1.165) is 19.4 Å². The van der Waals surface area contributed by atoms with Gasteiger partial charge in [0.1, 0.15) is 5.82 Å². The third-order valence-corrected chi connectivity index (χ3v) is 4.82. The molecular formula is C17H21ClFNO. The normalized spacial score (nSPS) is 19.5. The molecule has 0 bridgehead atoms. The molecule has 0 aliphatic heterocycles. The van der Waals surface area contributed by atoms with Gasteiger partial charge in [-0.2, -0.15) is 0 Å². The third kappa shape index (κ3) is 3.57. The average molecular weight is 310 g/mol. The van der Waals surface area contributed by atoms with Crippen LogP contribution in [0.2, 0.25) is 5.02 Å². The molecule has 0 heterocycles. The largest absolute Gasteiger partial charge is 0.335 e. The molecule has 2 saturated carbocycles. The molecule has 0 unspecified atom stereocenters. The molecule has 1 aromatic carbocycles. The molecule has 1 amide bonds. The van der Waals surface area contributed by atoms with Gasteiger partial charge in [0.25, 0.3) is 5.91 Å². The summed E-state index contributed by atoms with van der Waals surface area (Å²) in [5, 5.41) is 0.410. The number of benzene rings is 1. The van der Waals surface area contributed by atoms with Crippen molar-refractivity contribution in [2.45, 2.75) is 51.0 Å². The number of nitrogens with zero attached hydrogens (tertiary/aromatic N) is 1. The van der Waals surface area contributed by atoms with Crippen molar-refractivity contribution in [3.8, 4) is 0 Å². The van der Waals surface area contributed by atoms with Crippen LogP contribution in [0.5, 0.6) is 0 Å². The maximum absolute atomic E-state index is 13.9. The molecule has 114 valence electrons. The highest BCUT2D eigenvalue weighted by Gasteiger charge is 2.35. The molecule has 3 rings (SSSR count). The van der Waals surface area contributed by atoms with Crippen molar-refractivity contribution >= 4 is 17.5 Å². The van der Waals surface area contributed by atoms with Gasteiger partial charge in [0.05, 0.1) is 5.56 Å². The summed E-state index contributed by atoms with van der Waals surface area (Å²) in [6.07, 6.45) is 8.27. The molecule has 2 fully saturated rings. The quantitative estimate of drug-likeness (QED) is 0.792. The van der Waals surface area contributed by atoms with Crippen molar-refractivity contribution in [3.63, 3.8) is 0 Å². The lowest BCUT2D eigenvalue weighted by molar-refractivity contribution is 0.0694. The van der Waals surface area contributed by atoms with Gasteiger partial charge in [0.2, 0.25) is 0 Å². The molecule has 0 aromatic heterocycles. The van der Waals surface area contributed by atoms with Crippen LogP contribution < -0.4 is 0 Å². The standard InChI is InChI=1S/C17H21ClFNO/c18-13-6-9-16(19)15(10-13)17(21)20(14-7-8-14)11-12-4-2-1-3-5-12/h6,9-10,12,14H,1-5,7-8,11H2. The van der Waals surface area contributed by atoms with Gasteiger partial charge >= 0.3 is 0 Å². The summed E-state index contributed by atoms with van der Waals surface area (Å²) >= 11 is 5.92. The first-order valence-corrected chi connectivity index (χ1v) is 8.29. The highest BCUT2D eigenvalue weighted by atomic mass is 35.5. The zero-order valence-corrected chi connectivity index (χ0v) is 12.9. The van der Waals surface area contributed by atoms with Gasteiger partial charge in [-0.3, -0.25) is 4.79 Å². The first-order valence-electron chi connectivity index (χ1n) is 7.91. The molecule has 21 heavy (non-hydrogen) atoms. The number of rotatable bonds is 4. The minimum absolute atomic E-state index is 0.116. The summed E-state index contributed by atoms with van der Waals surface area (Å²) in [6.45, 7) is 0.773. The summed E-state index contributed by atoms with van der Waals surface area (Å²) in [5.74, 6) is -0.0905. The van der Waals surface area contributed by atoms with Crippen molar-refractivity contribution in [2.24, 2.45) is 5.92 Å². The second kappa shape index (κ2) is 6.35. The topological polar surface area (TPSA) is 20.3 Å². The van der Waals surface area contributed by atoms with Gasteiger partial charge in [-0.1, -0.05) is 30.9 Å². The molecule has 0 N–H and O–H groups in total. The van der Waals surface area contributed by atoms with Gasteiger partial charge in [-0.15, -0.1) is 0 Å². The Morgan fingerprint density at radius 3 is 2.57 bits per heavy atom. The summed E-state index contributed by atoms with van der Waals surface area (Å²) in [5.41, 5.74) is 0.116. The number of halogens is 2. The number of carbonyl (C=O) groups excluding carboxylic acids is 1. The molecular weight excluding hydrogens is 289 g/mol. The Labute approximate surface area is 130 Å². The number of hydrogen-bond donors (Lipinski definition) is 0.